The number of amides is 1. The lowest BCUT2D eigenvalue weighted by Gasteiger charge is -2.42. The Morgan fingerprint density at radius 3 is 2.38 bits per heavy atom. The molecule has 0 aromatic rings. The smallest absolute Gasteiger partial charge is 0.239 e. The zero-order valence-electron chi connectivity index (χ0n) is 13.6. The predicted molar refractivity (Wildman–Crippen MR) is 84.9 cm³/mol. The molecule has 0 aromatic carbocycles. The van der Waals surface area contributed by atoms with Crippen molar-refractivity contribution >= 4 is 5.91 Å². The summed E-state index contributed by atoms with van der Waals surface area (Å²) >= 11 is 0. The summed E-state index contributed by atoms with van der Waals surface area (Å²) in [6.45, 7) is 3.15. The number of rotatable bonds is 7. The van der Waals surface area contributed by atoms with Gasteiger partial charge in [-0.1, -0.05) is 19.8 Å². The van der Waals surface area contributed by atoms with E-state index < -0.39 is 5.54 Å². The van der Waals surface area contributed by atoms with Crippen molar-refractivity contribution in [3.8, 4) is 0 Å². The third-order valence-electron chi connectivity index (χ3n) is 5.88. The summed E-state index contributed by atoms with van der Waals surface area (Å²) in [5, 5.41) is 3.63. The highest BCUT2D eigenvalue weighted by Crippen LogP contribution is 2.42. The van der Waals surface area contributed by atoms with Crippen molar-refractivity contribution < 1.29 is 4.79 Å². The van der Waals surface area contributed by atoms with Crippen LogP contribution < -0.4 is 11.1 Å². The summed E-state index contributed by atoms with van der Waals surface area (Å²) in [7, 11) is 2.20. The monoisotopic (exact) mass is 293 g/mol. The summed E-state index contributed by atoms with van der Waals surface area (Å²) in [5.74, 6) is 1.05. The van der Waals surface area contributed by atoms with E-state index in [4.69, 9.17) is 5.73 Å². The van der Waals surface area contributed by atoms with Crippen LogP contribution in [0.4, 0.5) is 0 Å². The molecule has 0 aliphatic heterocycles. The van der Waals surface area contributed by atoms with E-state index in [1.54, 1.807) is 0 Å². The molecule has 0 aromatic heterocycles. The minimum absolute atomic E-state index is 0.132. The third kappa shape index (κ3) is 3.26. The highest BCUT2D eigenvalue weighted by atomic mass is 16.1. The Balaban J connectivity index is 1.71. The maximum atomic E-state index is 12.3. The van der Waals surface area contributed by atoms with E-state index in [1.165, 1.54) is 38.5 Å². The van der Waals surface area contributed by atoms with Gasteiger partial charge in [-0.05, 0) is 57.4 Å². The van der Waals surface area contributed by atoms with Crippen molar-refractivity contribution in [1.29, 1.82) is 0 Å². The Hall–Kier alpha value is -0.610. The molecular formula is C17H31N3O. The minimum Gasteiger partial charge on any atom is -0.368 e. The molecule has 0 heterocycles. The fourth-order valence-corrected chi connectivity index (χ4v) is 4.27. The second kappa shape index (κ2) is 5.88. The van der Waals surface area contributed by atoms with Crippen LogP contribution in [-0.2, 0) is 4.79 Å². The van der Waals surface area contributed by atoms with Gasteiger partial charge < -0.3 is 10.6 Å². The summed E-state index contributed by atoms with van der Waals surface area (Å²) in [6, 6.07) is 1.13. The van der Waals surface area contributed by atoms with Gasteiger partial charge in [-0.3, -0.25) is 10.1 Å². The first-order chi connectivity index (χ1) is 10.0. The highest BCUT2D eigenvalue weighted by molar-refractivity contribution is 5.86. The molecule has 3 aliphatic carbocycles. The second-order valence-corrected chi connectivity index (χ2v) is 7.77. The number of carbonyl (C=O) groups excluding carboxylic acids is 1. The summed E-state index contributed by atoms with van der Waals surface area (Å²) < 4.78 is 0. The van der Waals surface area contributed by atoms with Crippen LogP contribution in [0, 0.1) is 11.8 Å². The summed E-state index contributed by atoms with van der Waals surface area (Å²) in [4.78, 5) is 14.7. The van der Waals surface area contributed by atoms with Gasteiger partial charge in [0.15, 0.2) is 0 Å². The quantitative estimate of drug-likeness (QED) is 0.753. The van der Waals surface area contributed by atoms with E-state index in [-0.39, 0.29) is 5.91 Å². The molecule has 3 N–H and O–H groups in total. The van der Waals surface area contributed by atoms with Crippen molar-refractivity contribution in [2.75, 3.05) is 13.6 Å². The van der Waals surface area contributed by atoms with Gasteiger partial charge in [0.05, 0.1) is 0 Å². The van der Waals surface area contributed by atoms with Crippen LogP contribution in [0.15, 0.2) is 0 Å². The van der Waals surface area contributed by atoms with E-state index in [9.17, 15) is 4.79 Å². The molecule has 3 atom stereocenters. The van der Waals surface area contributed by atoms with E-state index >= 15 is 0 Å². The van der Waals surface area contributed by atoms with Crippen LogP contribution in [0.1, 0.15) is 58.3 Å². The number of hydrogen-bond acceptors (Lipinski definition) is 3. The van der Waals surface area contributed by atoms with Gasteiger partial charge in [0, 0.05) is 18.6 Å². The second-order valence-electron chi connectivity index (χ2n) is 7.77. The van der Waals surface area contributed by atoms with E-state index in [0.717, 1.165) is 25.3 Å². The van der Waals surface area contributed by atoms with Crippen LogP contribution in [-0.4, -0.2) is 42.0 Å². The molecule has 3 aliphatic rings. The number of likely N-dealkylation sites (N-methyl/N-ethyl adjacent to an activating group) is 1. The topological polar surface area (TPSA) is 58.4 Å². The van der Waals surface area contributed by atoms with Crippen LogP contribution >= 0.6 is 0 Å². The highest BCUT2D eigenvalue weighted by Gasteiger charge is 2.52. The van der Waals surface area contributed by atoms with Gasteiger partial charge in [-0.2, -0.15) is 0 Å². The number of hydrogen-bond donors (Lipinski definition) is 2. The number of carbonyl (C=O) groups is 1. The lowest BCUT2D eigenvalue weighted by Crippen LogP contribution is -2.64. The minimum atomic E-state index is -0.479. The van der Waals surface area contributed by atoms with Crippen molar-refractivity contribution in [2.24, 2.45) is 17.6 Å². The lowest BCUT2D eigenvalue weighted by atomic mass is 9.83. The number of primary amides is 1. The first kappa shape index (κ1) is 15.3. The molecule has 120 valence electrons. The van der Waals surface area contributed by atoms with Gasteiger partial charge in [0.1, 0.15) is 5.54 Å². The fourth-order valence-electron chi connectivity index (χ4n) is 4.27. The van der Waals surface area contributed by atoms with E-state index in [0.29, 0.717) is 18.0 Å². The Bertz CT molecular complexity index is 391. The van der Waals surface area contributed by atoms with Crippen LogP contribution in [0.5, 0.6) is 0 Å². The zero-order valence-corrected chi connectivity index (χ0v) is 13.6. The van der Waals surface area contributed by atoms with Gasteiger partial charge in [-0.25, -0.2) is 0 Å². The van der Waals surface area contributed by atoms with Gasteiger partial charge in [-0.15, -0.1) is 0 Å². The summed E-state index contributed by atoms with van der Waals surface area (Å²) in [5.41, 5.74) is 5.39. The molecule has 3 unspecified atom stereocenters. The Kier molecular flexibility index (Phi) is 4.28. The number of nitrogens with two attached hydrogens (primary N) is 1. The number of nitrogens with one attached hydrogen (secondary N) is 1. The van der Waals surface area contributed by atoms with Crippen molar-refractivity contribution in [3.05, 3.63) is 0 Å². The van der Waals surface area contributed by atoms with Crippen LogP contribution in [0.3, 0.4) is 0 Å². The average Bonchev–Trinajstić information content (AvgIpc) is 3.31. The first-order valence-electron chi connectivity index (χ1n) is 8.81. The first-order valence-corrected chi connectivity index (χ1v) is 8.81. The van der Waals surface area contributed by atoms with E-state index in [2.05, 4.69) is 24.2 Å². The molecule has 1 amide bonds. The predicted octanol–water partition coefficient (Wildman–Crippen LogP) is 1.88. The molecular weight excluding hydrogens is 262 g/mol. The standard InChI is InChI=1S/C17H31N3O/c1-12-5-3-4-6-15(12)20(2)11-17(16(18)21,13-7-8-13)19-14-9-10-14/h12-15,19H,3-11H2,1-2H3,(H2,18,21). The Labute approximate surface area is 128 Å². The molecule has 0 saturated heterocycles. The van der Waals surface area contributed by atoms with Crippen molar-refractivity contribution in [2.45, 2.75) is 75.9 Å². The fraction of sp³-hybridized carbons (Fsp3) is 0.941. The van der Waals surface area contributed by atoms with Gasteiger partial charge in [0.2, 0.25) is 5.91 Å². The lowest BCUT2D eigenvalue weighted by molar-refractivity contribution is -0.126. The maximum Gasteiger partial charge on any atom is 0.239 e. The van der Waals surface area contributed by atoms with Crippen LogP contribution in [0.2, 0.25) is 0 Å². The van der Waals surface area contributed by atoms with Crippen molar-refractivity contribution in [1.82, 2.24) is 10.2 Å². The summed E-state index contributed by atoms with van der Waals surface area (Å²) in [6.07, 6.45) is 9.96. The molecule has 0 radical (unpaired) electrons. The Morgan fingerprint density at radius 2 is 1.86 bits per heavy atom. The molecule has 4 heteroatoms. The van der Waals surface area contributed by atoms with Crippen molar-refractivity contribution in [3.63, 3.8) is 0 Å². The molecule has 3 saturated carbocycles. The average molecular weight is 293 g/mol. The molecule has 3 rings (SSSR count). The van der Waals surface area contributed by atoms with Gasteiger partial charge >= 0.3 is 0 Å². The third-order valence-corrected chi connectivity index (χ3v) is 5.88. The molecule has 21 heavy (non-hydrogen) atoms. The zero-order chi connectivity index (χ0) is 15.0. The normalized spacial score (nSPS) is 32.9. The molecule has 0 spiro atoms. The Morgan fingerprint density at radius 1 is 1.19 bits per heavy atom. The maximum absolute atomic E-state index is 12.3. The van der Waals surface area contributed by atoms with Gasteiger partial charge in [0.25, 0.3) is 0 Å². The SMILES string of the molecule is CC1CCCCC1N(C)CC(NC1CC1)(C(N)=O)C1CC1. The molecule has 4 nitrogen and oxygen atoms in total. The molecule has 0 bridgehead atoms. The van der Waals surface area contributed by atoms with Crippen LogP contribution in [0.25, 0.3) is 0 Å². The largest absolute Gasteiger partial charge is 0.368 e. The van der Waals surface area contributed by atoms with E-state index in [1.807, 2.05) is 0 Å². The molecule has 3 fully saturated rings. The number of nitrogens with zero attached hydrogens (tertiary/aromatic N) is 1.